The van der Waals surface area contributed by atoms with Crippen LogP contribution in [-0.4, -0.2) is 14.7 Å². The van der Waals surface area contributed by atoms with E-state index in [9.17, 15) is 8.42 Å². The minimum Gasteiger partial charge on any atom is -0.381 e. The lowest BCUT2D eigenvalue weighted by Crippen LogP contribution is -2.10. The summed E-state index contributed by atoms with van der Waals surface area (Å²) in [6.45, 7) is 2.57. The molecule has 0 fully saturated rings. The Balaban J connectivity index is 2.09. The standard InChI is InChI=1S/C15H17BrN2O2S/c1-11-9-13(7-8-15(11)18-21(2,19)20)17-10-12-5-3-4-6-14(12)16/h3-9,17-18H,10H2,1-2H3. The summed E-state index contributed by atoms with van der Waals surface area (Å²) in [6.07, 6.45) is 1.14. The second-order valence-electron chi connectivity index (χ2n) is 4.85. The van der Waals surface area contributed by atoms with E-state index >= 15 is 0 Å². The van der Waals surface area contributed by atoms with Crippen molar-refractivity contribution in [1.82, 2.24) is 0 Å². The number of rotatable bonds is 5. The monoisotopic (exact) mass is 368 g/mol. The van der Waals surface area contributed by atoms with Crippen LogP contribution in [-0.2, 0) is 16.6 Å². The van der Waals surface area contributed by atoms with Crippen molar-refractivity contribution in [3.8, 4) is 0 Å². The summed E-state index contributed by atoms with van der Waals surface area (Å²) in [5, 5.41) is 3.33. The van der Waals surface area contributed by atoms with Crippen LogP contribution in [0.15, 0.2) is 46.9 Å². The van der Waals surface area contributed by atoms with Gasteiger partial charge in [-0.1, -0.05) is 34.1 Å². The molecule has 0 saturated heterocycles. The molecule has 0 atom stereocenters. The van der Waals surface area contributed by atoms with Crippen LogP contribution in [0.25, 0.3) is 0 Å². The number of nitrogens with one attached hydrogen (secondary N) is 2. The molecule has 6 heteroatoms. The second kappa shape index (κ2) is 6.49. The van der Waals surface area contributed by atoms with Crippen LogP contribution in [0.4, 0.5) is 11.4 Å². The fourth-order valence-electron chi connectivity index (χ4n) is 1.93. The van der Waals surface area contributed by atoms with Gasteiger partial charge in [-0.15, -0.1) is 0 Å². The Kier molecular flexibility index (Phi) is 4.90. The molecule has 0 spiro atoms. The summed E-state index contributed by atoms with van der Waals surface area (Å²) in [4.78, 5) is 0. The van der Waals surface area contributed by atoms with Crippen molar-refractivity contribution in [2.45, 2.75) is 13.5 Å². The maximum absolute atomic E-state index is 11.3. The molecule has 0 bridgehead atoms. The van der Waals surface area contributed by atoms with Crippen LogP contribution >= 0.6 is 15.9 Å². The molecule has 0 unspecified atom stereocenters. The highest BCUT2D eigenvalue weighted by atomic mass is 79.9. The van der Waals surface area contributed by atoms with E-state index in [1.807, 2.05) is 43.3 Å². The molecule has 0 saturated carbocycles. The minimum absolute atomic E-state index is 0.601. The normalized spacial score (nSPS) is 11.2. The molecule has 112 valence electrons. The fraction of sp³-hybridized carbons (Fsp3) is 0.200. The first-order valence-electron chi connectivity index (χ1n) is 6.41. The van der Waals surface area contributed by atoms with E-state index in [0.29, 0.717) is 12.2 Å². The highest BCUT2D eigenvalue weighted by Crippen LogP contribution is 2.22. The molecule has 2 N–H and O–H groups in total. The molecule has 0 heterocycles. The van der Waals surface area contributed by atoms with Crippen molar-refractivity contribution >= 4 is 37.3 Å². The number of halogens is 1. The maximum atomic E-state index is 11.3. The molecule has 0 aliphatic heterocycles. The molecule has 0 amide bonds. The third-order valence-corrected chi connectivity index (χ3v) is 4.33. The maximum Gasteiger partial charge on any atom is 0.229 e. The van der Waals surface area contributed by atoms with Crippen molar-refractivity contribution < 1.29 is 8.42 Å². The smallest absolute Gasteiger partial charge is 0.229 e. The van der Waals surface area contributed by atoms with E-state index in [2.05, 4.69) is 26.0 Å². The molecule has 0 aliphatic carbocycles. The number of hydrogen-bond acceptors (Lipinski definition) is 3. The third-order valence-electron chi connectivity index (χ3n) is 2.96. The highest BCUT2D eigenvalue weighted by Gasteiger charge is 2.06. The van der Waals surface area contributed by atoms with Gasteiger partial charge < -0.3 is 5.32 Å². The Labute approximate surface area is 133 Å². The Morgan fingerprint density at radius 1 is 1.14 bits per heavy atom. The first-order valence-corrected chi connectivity index (χ1v) is 9.09. The largest absolute Gasteiger partial charge is 0.381 e. The number of aryl methyl sites for hydroxylation is 1. The quantitative estimate of drug-likeness (QED) is 0.844. The summed E-state index contributed by atoms with van der Waals surface area (Å²) < 4.78 is 26.1. The fourth-order valence-corrected chi connectivity index (χ4v) is 2.98. The van der Waals surface area contributed by atoms with Gasteiger partial charge in [0.2, 0.25) is 10.0 Å². The minimum atomic E-state index is -3.25. The first kappa shape index (κ1) is 15.9. The lowest BCUT2D eigenvalue weighted by atomic mass is 10.1. The zero-order valence-electron chi connectivity index (χ0n) is 11.9. The van der Waals surface area contributed by atoms with E-state index in [1.165, 1.54) is 0 Å². The van der Waals surface area contributed by atoms with Crippen LogP contribution in [0.2, 0.25) is 0 Å². The lowest BCUT2D eigenvalue weighted by molar-refractivity contribution is 0.607. The molecule has 0 aliphatic rings. The lowest BCUT2D eigenvalue weighted by Gasteiger charge is -2.12. The van der Waals surface area contributed by atoms with Crippen molar-refractivity contribution in [1.29, 1.82) is 0 Å². The van der Waals surface area contributed by atoms with Crippen molar-refractivity contribution in [2.75, 3.05) is 16.3 Å². The van der Waals surface area contributed by atoms with E-state index in [4.69, 9.17) is 0 Å². The van der Waals surface area contributed by atoms with Crippen molar-refractivity contribution in [3.05, 3.63) is 58.1 Å². The van der Waals surface area contributed by atoms with E-state index in [0.717, 1.165) is 27.5 Å². The average molecular weight is 369 g/mol. The van der Waals surface area contributed by atoms with Crippen LogP contribution in [0.1, 0.15) is 11.1 Å². The zero-order chi connectivity index (χ0) is 15.5. The van der Waals surface area contributed by atoms with Gasteiger partial charge in [-0.2, -0.15) is 0 Å². The molecule has 2 aromatic rings. The summed E-state index contributed by atoms with van der Waals surface area (Å²) in [7, 11) is -3.25. The Bertz CT molecular complexity index is 745. The van der Waals surface area contributed by atoms with E-state index in [1.54, 1.807) is 6.07 Å². The van der Waals surface area contributed by atoms with Crippen LogP contribution in [0.3, 0.4) is 0 Å². The third kappa shape index (κ3) is 4.75. The highest BCUT2D eigenvalue weighted by molar-refractivity contribution is 9.10. The van der Waals surface area contributed by atoms with Gasteiger partial charge in [-0.3, -0.25) is 4.72 Å². The first-order chi connectivity index (χ1) is 9.85. The van der Waals surface area contributed by atoms with Gasteiger partial charge >= 0.3 is 0 Å². The number of benzene rings is 2. The summed E-state index contributed by atoms with van der Waals surface area (Å²) in [6, 6.07) is 13.6. The van der Waals surface area contributed by atoms with Gasteiger partial charge in [0.1, 0.15) is 0 Å². The molecule has 2 rings (SSSR count). The SMILES string of the molecule is Cc1cc(NCc2ccccc2Br)ccc1NS(C)(=O)=O. The molecular formula is C15H17BrN2O2S. The second-order valence-corrected chi connectivity index (χ2v) is 7.45. The number of sulfonamides is 1. The van der Waals surface area contributed by atoms with E-state index < -0.39 is 10.0 Å². The molecule has 2 aromatic carbocycles. The topological polar surface area (TPSA) is 58.2 Å². The van der Waals surface area contributed by atoms with Crippen LogP contribution < -0.4 is 10.0 Å². The van der Waals surface area contributed by atoms with E-state index in [-0.39, 0.29) is 0 Å². The van der Waals surface area contributed by atoms with Gasteiger partial charge in [0.15, 0.2) is 0 Å². The Morgan fingerprint density at radius 2 is 1.86 bits per heavy atom. The Morgan fingerprint density at radius 3 is 2.48 bits per heavy atom. The van der Waals surface area contributed by atoms with Gasteiger partial charge in [0.05, 0.1) is 11.9 Å². The van der Waals surface area contributed by atoms with Gasteiger partial charge in [-0.25, -0.2) is 8.42 Å². The zero-order valence-corrected chi connectivity index (χ0v) is 14.3. The summed E-state index contributed by atoms with van der Waals surface area (Å²) in [5.74, 6) is 0. The average Bonchev–Trinajstić information content (AvgIpc) is 2.39. The summed E-state index contributed by atoms with van der Waals surface area (Å²) in [5.41, 5.74) is 3.58. The van der Waals surface area contributed by atoms with Gasteiger partial charge in [0, 0.05) is 16.7 Å². The predicted molar refractivity (Wildman–Crippen MR) is 91.1 cm³/mol. The van der Waals surface area contributed by atoms with Crippen LogP contribution in [0.5, 0.6) is 0 Å². The Hall–Kier alpha value is -1.53. The van der Waals surface area contributed by atoms with Crippen molar-refractivity contribution in [3.63, 3.8) is 0 Å². The molecule has 0 aromatic heterocycles. The predicted octanol–water partition coefficient (Wildman–Crippen LogP) is 3.74. The van der Waals surface area contributed by atoms with Gasteiger partial charge in [-0.05, 0) is 42.3 Å². The molecule has 4 nitrogen and oxygen atoms in total. The molecular weight excluding hydrogens is 352 g/mol. The number of anilines is 2. The number of hydrogen-bond donors (Lipinski definition) is 2. The van der Waals surface area contributed by atoms with Crippen LogP contribution in [0, 0.1) is 6.92 Å². The van der Waals surface area contributed by atoms with Gasteiger partial charge in [0.25, 0.3) is 0 Å². The molecule has 0 radical (unpaired) electrons. The molecule has 21 heavy (non-hydrogen) atoms. The summed E-state index contributed by atoms with van der Waals surface area (Å²) >= 11 is 3.51. The van der Waals surface area contributed by atoms with Crippen molar-refractivity contribution in [2.24, 2.45) is 0 Å².